The van der Waals surface area contributed by atoms with Crippen LogP contribution >= 0.6 is 0 Å². The Hall–Kier alpha value is -3.07. The van der Waals surface area contributed by atoms with Gasteiger partial charge < -0.3 is 19.7 Å². The van der Waals surface area contributed by atoms with Crippen molar-refractivity contribution in [2.75, 3.05) is 34.4 Å². The van der Waals surface area contributed by atoms with Gasteiger partial charge in [-0.05, 0) is 25.0 Å². The first kappa shape index (κ1) is 22.1. The lowest BCUT2D eigenvalue weighted by atomic mass is 10.1. The fourth-order valence-corrected chi connectivity index (χ4v) is 4.09. The third kappa shape index (κ3) is 5.04. The van der Waals surface area contributed by atoms with Gasteiger partial charge in [0.1, 0.15) is 11.5 Å². The Morgan fingerprint density at radius 1 is 1.25 bits per heavy atom. The van der Waals surface area contributed by atoms with Crippen molar-refractivity contribution < 1.29 is 19.1 Å². The number of benzene rings is 1. The molecule has 1 aromatic heterocycles. The number of carbonyl (C=O) groups excluding carboxylic acids is 2. The summed E-state index contributed by atoms with van der Waals surface area (Å²) in [5.74, 6) is 1.77. The van der Waals surface area contributed by atoms with E-state index in [-0.39, 0.29) is 18.2 Å². The van der Waals surface area contributed by atoms with Crippen LogP contribution in [-0.4, -0.2) is 72.2 Å². The number of aromatic amines is 1. The fourth-order valence-electron chi connectivity index (χ4n) is 4.09. The van der Waals surface area contributed by atoms with E-state index in [9.17, 15) is 9.59 Å². The highest BCUT2D eigenvalue weighted by molar-refractivity contribution is 5.88. The van der Waals surface area contributed by atoms with Crippen molar-refractivity contribution in [3.63, 3.8) is 0 Å². The number of nitrogens with zero attached hydrogens (tertiary/aromatic N) is 3. The molecule has 0 bridgehead atoms. The van der Waals surface area contributed by atoms with Crippen LogP contribution in [0.3, 0.4) is 0 Å². The molecule has 1 aliphatic carbocycles. The normalized spacial score (nSPS) is 18.8. The molecule has 1 saturated heterocycles. The standard InChI is InChI=1S/C23H31N5O4/c1-27(14-17-10-19(26-25-17)15-4-5-15)22(29)12-20-23(30)24-8-9-28(20)13-16-6-7-18(31-2)11-21(16)32-3/h6-7,10-11,15,20H,4-5,8-9,12-14H2,1-3H3,(H,24,30)(H,25,26). The molecular formula is C23H31N5O4. The van der Waals surface area contributed by atoms with Gasteiger partial charge in [-0.3, -0.25) is 19.6 Å². The Balaban J connectivity index is 1.41. The predicted octanol–water partition coefficient (Wildman–Crippen LogP) is 1.65. The van der Waals surface area contributed by atoms with Gasteiger partial charge in [-0.1, -0.05) is 6.07 Å². The van der Waals surface area contributed by atoms with Crippen molar-refractivity contribution in [3.05, 3.63) is 41.2 Å². The molecule has 2 amide bonds. The number of piperazine rings is 1. The second-order valence-corrected chi connectivity index (χ2v) is 8.50. The summed E-state index contributed by atoms with van der Waals surface area (Å²) in [6.45, 7) is 2.16. The van der Waals surface area contributed by atoms with E-state index >= 15 is 0 Å². The zero-order valence-corrected chi connectivity index (χ0v) is 18.9. The fraction of sp³-hybridized carbons (Fsp3) is 0.522. The zero-order chi connectivity index (χ0) is 22.7. The second kappa shape index (κ2) is 9.60. The summed E-state index contributed by atoms with van der Waals surface area (Å²) in [7, 11) is 4.98. The first-order valence-electron chi connectivity index (χ1n) is 11.0. The number of nitrogens with one attached hydrogen (secondary N) is 2. The van der Waals surface area contributed by atoms with Crippen molar-refractivity contribution in [3.8, 4) is 11.5 Å². The third-order valence-electron chi connectivity index (χ3n) is 6.16. The molecule has 9 heteroatoms. The number of H-pyrrole nitrogens is 1. The van der Waals surface area contributed by atoms with Gasteiger partial charge in [0, 0.05) is 44.2 Å². The molecule has 172 valence electrons. The van der Waals surface area contributed by atoms with Crippen LogP contribution in [0.5, 0.6) is 11.5 Å². The first-order valence-corrected chi connectivity index (χ1v) is 11.0. The summed E-state index contributed by atoms with van der Waals surface area (Å²) in [6.07, 6.45) is 2.49. The number of rotatable bonds is 9. The Morgan fingerprint density at radius 3 is 2.78 bits per heavy atom. The van der Waals surface area contributed by atoms with Crippen molar-refractivity contribution in [2.45, 2.75) is 44.3 Å². The summed E-state index contributed by atoms with van der Waals surface area (Å²) in [4.78, 5) is 29.3. The topological polar surface area (TPSA) is 99.8 Å². The molecule has 0 spiro atoms. The number of hydrogen-bond donors (Lipinski definition) is 2. The molecule has 1 aromatic carbocycles. The molecular weight excluding hydrogens is 410 g/mol. The molecule has 1 atom stereocenters. The molecule has 1 unspecified atom stereocenters. The zero-order valence-electron chi connectivity index (χ0n) is 18.9. The average Bonchev–Trinajstić information content (AvgIpc) is 3.55. The molecule has 2 aliphatic rings. The number of ether oxygens (including phenoxy) is 2. The molecule has 2 heterocycles. The first-order chi connectivity index (χ1) is 15.5. The van der Waals surface area contributed by atoms with Crippen molar-refractivity contribution >= 4 is 11.8 Å². The maximum Gasteiger partial charge on any atom is 0.237 e. The maximum atomic E-state index is 13.0. The smallest absolute Gasteiger partial charge is 0.237 e. The minimum absolute atomic E-state index is 0.0821. The number of methoxy groups -OCH3 is 2. The minimum Gasteiger partial charge on any atom is -0.497 e. The summed E-state index contributed by atoms with van der Waals surface area (Å²) in [5.41, 5.74) is 2.93. The Morgan fingerprint density at radius 2 is 2.06 bits per heavy atom. The van der Waals surface area contributed by atoms with Crippen LogP contribution in [0.15, 0.2) is 24.3 Å². The summed E-state index contributed by atoms with van der Waals surface area (Å²) in [6, 6.07) is 7.14. The molecule has 2 aromatic rings. The van der Waals surface area contributed by atoms with Gasteiger partial charge in [0.2, 0.25) is 11.8 Å². The summed E-state index contributed by atoms with van der Waals surface area (Å²) in [5, 5.41) is 10.3. The third-order valence-corrected chi connectivity index (χ3v) is 6.16. The van der Waals surface area contributed by atoms with Crippen LogP contribution < -0.4 is 14.8 Å². The van der Waals surface area contributed by atoms with Crippen LogP contribution in [0.1, 0.15) is 42.1 Å². The maximum absolute atomic E-state index is 13.0. The minimum atomic E-state index is -0.533. The largest absolute Gasteiger partial charge is 0.497 e. The lowest BCUT2D eigenvalue weighted by molar-refractivity contribution is -0.138. The highest BCUT2D eigenvalue weighted by Gasteiger charge is 2.33. The van der Waals surface area contributed by atoms with Gasteiger partial charge in [-0.2, -0.15) is 5.10 Å². The van der Waals surface area contributed by atoms with Gasteiger partial charge in [0.15, 0.2) is 0 Å². The predicted molar refractivity (Wildman–Crippen MR) is 118 cm³/mol. The molecule has 9 nitrogen and oxygen atoms in total. The molecule has 32 heavy (non-hydrogen) atoms. The Bertz CT molecular complexity index is 971. The summed E-state index contributed by atoms with van der Waals surface area (Å²) >= 11 is 0. The quantitative estimate of drug-likeness (QED) is 0.614. The summed E-state index contributed by atoms with van der Waals surface area (Å²) < 4.78 is 10.8. The second-order valence-electron chi connectivity index (χ2n) is 8.50. The van der Waals surface area contributed by atoms with Crippen LogP contribution in [0.25, 0.3) is 0 Å². The van der Waals surface area contributed by atoms with E-state index in [0.717, 1.165) is 17.0 Å². The van der Waals surface area contributed by atoms with Crippen LogP contribution in [0.4, 0.5) is 0 Å². The van der Waals surface area contributed by atoms with E-state index in [1.54, 1.807) is 26.2 Å². The Labute approximate surface area is 188 Å². The van der Waals surface area contributed by atoms with E-state index < -0.39 is 6.04 Å². The van der Waals surface area contributed by atoms with Gasteiger partial charge in [0.25, 0.3) is 0 Å². The number of carbonyl (C=O) groups is 2. The molecule has 1 aliphatic heterocycles. The Kier molecular flexibility index (Phi) is 6.64. The highest BCUT2D eigenvalue weighted by atomic mass is 16.5. The van der Waals surface area contributed by atoms with Crippen LogP contribution in [-0.2, 0) is 22.7 Å². The highest BCUT2D eigenvalue weighted by Crippen LogP contribution is 2.39. The molecule has 0 radical (unpaired) electrons. The monoisotopic (exact) mass is 441 g/mol. The molecule has 2 fully saturated rings. The number of hydrogen-bond acceptors (Lipinski definition) is 6. The van der Waals surface area contributed by atoms with Gasteiger partial charge in [-0.25, -0.2) is 0 Å². The van der Waals surface area contributed by atoms with Crippen LogP contribution in [0.2, 0.25) is 0 Å². The van der Waals surface area contributed by atoms with Gasteiger partial charge >= 0.3 is 0 Å². The lowest BCUT2D eigenvalue weighted by Crippen LogP contribution is -2.56. The van der Waals surface area contributed by atoms with Crippen molar-refractivity contribution in [1.82, 2.24) is 25.3 Å². The van der Waals surface area contributed by atoms with E-state index in [0.29, 0.717) is 43.6 Å². The van der Waals surface area contributed by atoms with Gasteiger partial charge in [-0.15, -0.1) is 0 Å². The molecule has 2 N–H and O–H groups in total. The average molecular weight is 442 g/mol. The lowest BCUT2D eigenvalue weighted by Gasteiger charge is -2.35. The van der Waals surface area contributed by atoms with Crippen molar-refractivity contribution in [1.29, 1.82) is 0 Å². The van der Waals surface area contributed by atoms with E-state index in [1.807, 2.05) is 29.2 Å². The van der Waals surface area contributed by atoms with Crippen molar-refractivity contribution in [2.24, 2.45) is 0 Å². The van der Waals surface area contributed by atoms with Gasteiger partial charge in [0.05, 0.1) is 44.6 Å². The van der Waals surface area contributed by atoms with E-state index in [1.165, 1.54) is 12.8 Å². The molecule has 4 rings (SSSR count). The van der Waals surface area contributed by atoms with Crippen LogP contribution in [0, 0.1) is 0 Å². The molecule has 1 saturated carbocycles. The SMILES string of the molecule is COc1ccc(CN2CCNC(=O)C2CC(=O)N(C)Cc2cc(C3CC3)n[nH]2)c(OC)c1. The number of aromatic nitrogens is 2. The van der Waals surface area contributed by atoms with E-state index in [2.05, 4.69) is 15.5 Å². The van der Waals surface area contributed by atoms with E-state index in [4.69, 9.17) is 9.47 Å². The number of amides is 2.